The highest BCUT2D eigenvalue weighted by Crippen LogP contribution is 2.34. The maximum absolute atomic E-state index is 14.4. The predicted octanol–water partition coefficient (Wildman–Crippen LogP) is 3.50. The summed E-state index contributed by atoms with van der Waals surface area (Å²) in [5, 5.41) is 2.82. The molecule has 3 aromatic rings. The number of imidazole rings is 1. The molecule has 0 saturated carbocycles. The van der Waals surface area contributed by atoms with Gasteiger partial charge in [-0.15, -0.1) is 11.8 Å². The molecule has 1 amide bonds. The number of hydrogen-bond acceptors (Lipinski definition) is 5. The van der Waals surface area contributed by atoms with Crippen LogP contribution in [0.5, 0.6) is 11.5 Å². The Hall–Kier alpha value is -3.00. The van der Waals surface area contributed by atoms with E-state index in [-0.39, 0.29) is 24.0 Å². The van der Waals surface area contributed by atoms with Crippen LogP contribution in [0.25, 0.3) is 5.69 Å². The number of carbonyl (C=O) groups excluding carboxylic acids is 1. The molecule has 0 fully saturated rings. The maximum atomic E-state index is 14.4. The lowest BCUT2D eigenvalue weighted by atomic mass is 10.2. The first-order valence-electron chi connectivity index (χ1n) is 9.18. The Balaban J connectivity index is 1.31. The number of nitrogens with zero attached hydrogens (tertiary/aromatic N) is 2. The van der Waals surface area contributed by atoms with Crippen molar-refractivity contribution in [2.24, 2.45) is 0 Å². The van der Waals surface area contributed by atoms with Gasteiger partial charge in [-0.1, -0.05) is 6.07 Å². The van der Waals surface area contributed by atoms with Crippen LogP contribution in [0.3, 0.4) is 0 Å². The van der Waals surface area contributed by atoms with Gasteiger partial charge in [-0.05, 0) is 42.8 Å². The van der Waals surface area contributed by atoms with Crippen molar-refractivity contribution in [3.8, 4) is 17.2 Å². The monoisotopic (exact) mass is 413 g/mol. The molecule has 0 spiro atoms. The zero-order chi connectivity index (χ0) is 20.2. The second-order valence-corrected chi connectivity index (χ2v) is 7.55. The standard InChI is InChI=1S/C21H20FN3O3S/c1-14-23-6-7-25(14)18-4-2-15(10-17(18)22)12-24-21(26)13-29-16-3-5-19-20(11-16)28-9-8-27-19/h2-7,10-11H,8-9,12-13H2,1H3,(H,24,26). The predicted molar refractivity (Wildman–Crippen MR) is 108 cm³/mol. The van der Waals surface area contributed by atoms with Gasteiger partial charge in [0.05, 0.1) is 11.4 Å². The molecule has 4 rings (SSSR count). The lowest BCUT2D eigenvalue weighted by Gasteiger charge is -2.18. The van der Waals surface area contributed by atoms with Crippen molar-refractivity contribution in [3.63, 3.8) is 0 Å². The average Bonchev–Trinajstić information content (AvgIpc) is 3.16. The lowest BCUT2D eigenvalue weighted by molar-refractivity contribution is -0.118. The van der Waals surface area contributed by atoms with E-state index >= 15 is 0 Å². The van der Waals surface area contributed by atoms with Crippen LogP contribution in [0.2, 0.25) is 0 Å². The van der Waals surface area contributed by atoms with E-state index in [2.05, 4.69) is 10.3 Å². The van der Waals surface area contributed by atoms with Gasteiger partial charge in [0, 0.05) is 23.8 Å². The van der Waals surface area contributed by atoms with Gasteiger partial charge in [0.1, 0.15) is 24.9 Å². The number of aryl methyl sites for hydroxylation is 1. The number of amides is 1. The molecule has 0 aliphatic carbocycles. The average molecular weight is 413 g/mol. The van der Waals surface area contributed by atoms with Gasteiger partial charge in [0.2, 0.25) is 5.91 Å². The molecule has 29 heavy (non-hydrogen) atoms. The van der Waals surface area contributed by atoms with Crippen molar-refractivity contribution in [1.82, 2.24) is 14.9 Å². The van der Waals surface area contributed by atoms with E-state index in [4.69, 9.17) is 9.47 Å². The summed E-state index contributed by atoms with van der Waals surface area (Å²) in [6.45, 7) is 3.15. The third kappa shape index (κ3) is 4.54. The molecule has 0 saturated heterocycles. The Morgan fingerprint density at radius 3 is 2.79 bits per heavy atom. The first-order chi connectivity index (χ1) is 14.1. The van der Waals surface area contributed by atoms with Crippen molar-refractivity contribution < 1.29 is 18.7 Å². The van der Waals surface area contributed by atoms with Crippen LogP contribution in [0.15, 0.2) is 53.7 Å². The zero-order valence-electron chi connectivity index (χ0n) is 15.9. The van der Waals surface area contributed by atoms with Crippen LogP contribution in [-0.2, 0) is 11.3 Å². The molecule has 1 aromatic heterocycles. The summed E-state index contributed by atoms with van der Waals surface area (Å²) in [5.74, 6) is 1.91. The molecule has 6 nitrogen and oxygen atoms in total. The first-order valence-corrected chi connectivity index (χ1v) is 10.2. The number of fused-ring (bicyclic) bond motifs is 1. The van der Waals surface area contributed by atoms with Crippen LogP contribution in [0, 0.1) is 12.7 Å². The summed E-state index contributed by atoms with van der Waals surface area (Å²) in [4.78, 5) is 17.2. The Bertz CT molecular complexity index is 1040. The number of halogens is 1. The van der Waals surface area contributed by atoms with E-state index in [0.29, 0.717) is 36.0 Å². The smallest absolute Gasteiger partial charge is 0.230 e. The van der Waals surface area contributed by atoms with Crippen molar-refractivity contribution in [3.05, 3.63) is 66.0 Å². The van der Waals surface area contributed by atoms with Gasteiger partial charge in [-0.2, -0.15) is 0 Å². The fourth-order valence-corrected chi connectivity index (χ4v) is 3.76. The molecule has 8 heteroatoms. The third-order valence-corrected chi connectivity index (χ3v) is 5.46. The lowest BCUT2D eigenvalue weighted by Crippen LogP contribution is -2.24. The van der Waals surface area contributed by atoms with Gasteiger partial charge < -0.3 is 19.4 Å². The highest BCUT2D eigenvalue weighted by atomic mass is 32.2. The minimum Gasteiger partial charge on any atom is -0.486 e. The number of rotatable bonds is 6. The van der Waals surface area contributed by atoms with Gasteiger partial charge >= 0.3 is 0 Å². The normalized spacial score (nSPS) is 12.6. The van der Waals surface area contributed by atoms with Gasteiger partial charge in [-0.25, -0.2) is 9.37 Å². The number of ether oxygens (including phenoxy) is 2. The topological polar surface area (TPSA) is 65.4 Å². The van der Waals surface area contributed by atoms with Gasteiger partial charge in [0.25, 0.3) is 0 Å². The molecule has 2 aromatic carbocycles. The quantitative estimate of drug-likeness (QED) is 0.627. The van der Waals surface area contributed by atoms with Crippen molar-refractivity contribution in [2.75, 3.05) is 19.0 Å². The van der Waals surface area contributed by atoms with Crippen LogP contribution in [-0.4, -0.2) is 34.4 Å². The third-order valence-electron chi connectivity index (χ3n) is 4.47. The van der Waals surface area contributed by atoms with E-state index < -0.39 is 0 Å². The van der Waals surface area contributed by atoms with E-state index in [0.717, 1.165) is 10.6 Å². The maximum Gasteiger partial charge on any atom is 0.230 e. The molecule has 1 aliphatic rings. The molecule has 0 radical (unpaired) electrons. The van der Waals surface area contributed by atoms with Gasteiger partial charge in [-0.3, -0.25) is 4.79 Å². The number of benzene rings is 2. The van der Waals surface area contributed by atoms with Crippen molar-refractivity contribution >= 4 is 17.7 Å². The first kappa shape index (κ1) is 19.3. The van der Waals surface area contributed by atoms with Crippen LogP contribution >= 0.6 is 11.8 Å². The number of aromatic nitrogens is 2. The molecule has 0 unspecified atom stereocenters. The Kier molecular flexibility index (Phi) is 5.71. The summed E-state index contributed by atoms with van der Waals surface area (Å²) in [7, 11) is 0. The van der Waals surface area contributed by atoms with Crippen LogP contribution in [0.1, 0.15) is 11.4 Å². The molecule has 1 aliphatic heterocycles. The summed E-state index contributed by atoms with van der Waals surface area (Å²) >= 11 is 1.41. The van der Waals surface area contributed by atoms with E-state index in [1.165, 1.54) is 17.8 Å². The molecule has 1 N–H and O–H groups in total. The number of carbonyl (C=O) groups is 1. The van der Waals surface area contributed by atoms with Crippen molar-refractivity contribution in [2.45, 2.75) is 18.4 Å². The van der Waals surface area contributed by atoms with E-state index in [1.54, 1.807) is 29.1 Å². The Labute approximate surface area is 172 Å². The fraction of sp³-hybridized carbons (Fsp3) is 0.238. The molecule has 2 heterocycles. The number of hydrogen-bond donors (Lipinski definition) is 1. The molecular formula is C21H20FN3O3S. The van der Waals surface area contributed by atoms with E-state index in [1.807, 2.05) is 25.1 Å². The number of nitrogens with one attached hydrogen (secondary N) is 1. The second kappa shape index (κ2) is 8.57. The highest BCUT2D eigenvalue weighted by molar-refractivity contribution is 8.00. The van der Waals surface area contributed by atoms with Crippen molar-refractivity contribution in [1.29, 1.82) is 0 Å². The van der Waals surface area contributed by atoms with Crippen LogP contribution in [0.4, 0.5) is 4.39 Å². The van der Waals surface area contributed by atoms with Crippen LogP contribution < -0.4 is 14.8 Å². The van der Waals surface area contributed by atoms with Gasteiger partial charge in [0.15, 0.2) is 11.5 Å². The Morgan fingerprint density at radius 2 is 2.03 bits per heavy atom. The minimum atomic E-state index is -0.358. The fourth-order valence-electron chi connectivity index (χ4n) is 3.00. The number of thioether (sulfide) groups is 1. The molecule has 0 bridgehead atoms. The summed E-state index contributed by atoms with van der Waals surface area (Å²) in [6.07, 6.45) is 3.34. The highest BCUT2D eigenvalue weighted by Gasteiger charge is 2.13. The van der Waals surface area contributed by atoms with E-state index in [9.17, 15) is 9.18 Å². The summed E-state index contributed by atoms with van der Waals surface area (Å²) in [6, 6.07) is 10.5. The molecular weight excluding hydrogens is 393 g/mol. The molecule has 0 atom stereocenters. The second-order valence-electron chi connectivity index (χ2n) is 6.50. The SMILES string of the molecule is Cc1nccn1-c1ccc(CNC(=O)CSc2ccc3c(c2)OCCO3)cc1F. The molecule has 150 valence electrons. The summed E-state index contributed by atoms with van der Waals surface area (Å²) < 4.78 is 27.2. The largest absolute Gasteiger partial charge is 0.486 e. The Morgan fingerprint density at radius 1 is 1.21 bits per heavy atom. The summed E-state index contributed by atoms with van der Waals surface area (Å²) in [5.41, 5.74) is 1.13. The zero-order valence-corrected chi connectivity index (χ0v) is 16.7. The minimum absolute atomic E-state index is 0.125.